The second kappa shape index (κ2) is 7.12. The van der Waals surface area contributed by atoms with Gasteiger partial charge in [0.25, 0.3) is 5.91 Å². The van der Waals surface area contributed by atoms with Crippen molar-refractivity contribution < 1.29 is 9.90 Å². The number of amides is 1. The molecule has 4 heteroatoms. The number of nitriles is 1. The predicted molar refractivity (Wildman–Crippen MR) is 104 cm³/mol. The summed E-state index contributed by atoms with van der Waals surface area (Å²) in [4.78, 5) is 12.6. The van der Waals surface area contributed by atoms with Gasteiger partial charge in [0.1, 0.15) is 17.4 Å². The van der Waals surface area contributed by atoms with Gasteiger partial charge in [0.2, 0.25) is 0 Å². The van der Waals surface area contributed by atoms with Crippen LogP contribution in [0.3, 0.4) is 0 Å². The van der Waals surface area contributed by atoms with Crippen molar-refractivity contribution in [3.05, 3.63) is 76.9 Å². The van der Waals surface area contributed by atoms with Crippen LogP contribution < -0.4 is 5.32 Å². The summed E-state index contributed by atoms with van der Waals surface area (Å²) in [7, 11) is 0. The molecule has 0 saturated carbocycles. The molecule has 0 saturated heterocycles. The molecular formula is C22H18N2O2. The Balaban J connectivity index is 2.02. The molecule has 0 aliphatic heterocycles. The SMILES string of the molecule is Cc1cccc(NC(=O)/C(C#N)=C/c2c(O)ccc3ccccc23)c1C. The van der Waals surface area contributed by atoms with Gasteiger partial charge in [0, 0.05) is 11.3 Å². The summed E-state index contributed by atoms with van der Waals surface area (Å²) in [5, 5.41) is 24.2. The molecule has 4 nitrogen and oxygen atoms in total. The van der Waals surface area contributed by atoms with Crippen LogP contribution in [-0.4, -0.2) is 11.0 Å². The smallest absolute Gasteiger partial charge is 0.266 e. The van der Waals surface area contributed by atoms with E-state index in [1.165, 1.54) is 6.08 Å². The van der Waals surface area contributed by atoms with E-state index < -0.39 is 5.91 Å². The first-order valence-electron chi connectivity index (χ1n) is 8.21. The van der Waals surface area contributed by atoms with Crippen LogP contribution in [-0.2, 0) is 4.79 Å². The first-order chi connectivity index (χ1) is 12.5. The molecule has 128 valence electrons. The number of rotatable bonds is 3. The Hall–Kier alpha value is -3.58. The zero-order valence-corrected chi connectivity index (χ0v) is 14.6. The number of fused-ring (bicyclic) bond motifs is 1. The first-order valence-corrected chi connectivity index (χ1v) is 8.21. The summed E-state index contributed by atoms with van der Waals surface area (Å²) in [5.74, 6) is -0.482. The van der Waals surface area contributed by atoms with Crippen molar-refractivity contribution in [3.63, 3.8) is 0 Å². The number of carbonyl (C=O) groups excluding carboxylic acids is 1. The summed E-state index contributed by atoms with van der Waals surface area (Å²) in [5.41, 5.74) is 3.05. The van der Waals surface area contributed by atoms with E-state index in [9.17, 15) is 15.2 Å². The molecule has 0 aliphatic rings. The molecule has 0 bridgehead atoms. The van der Waals surface area contributed by atoms with Crippen molar-refractivity contribution in [1.82, 2.24) is 0 Å². The summed E-state index contributed by atoms with van der Waals surface area (Å²) in [6.07, 6.45) is 1.43. The van der Waals surface area contributed by atoms with Gasteiger partial charge < -0.3 is 10.4 Å². The number of benzene rings is 3. The second-order valence-electron chi connectivity index (χ2n) is 6.09. The molecule has 0 spiro atoms. The normalized spacial score (nSPS) is 11.2. The van der Waals surface area contributed by atoms with Gasteiger partial charge in [-0.25, -0.2) is 0 Å². The number of carbonyl (C=O) groups is 1. The minimum absolute atomic E-state index is 0.0241. The number of phenols is 1. The van der Waals surface area contributed by atoms with E-state index in [0.717, 1.165) is 21.9 Å². The van der Waals surface area contributed by atoms with Crippen molar-refractivity contribution >= 4 is 28.4 Å². The van der Waals surface area contributed by atoms with Gasteiger partial charge in [-0.15, -0.1) is 0 Å². The van der Waals surface area contributed by atoms with Crippen molar-refractivity contribution in [3.8, 4) is 11.8 Å². The van der Waals surface area contributed by atoms with Gasteiger partial charge >= 0.3 is 0 Å². The van der Waals surface area contributed by atoms with Crippen LogP contribution in [0.1, 0.15) is 16.7 Å². The third-order valence-corrected chi connectivity index (χ3v) is 4.45. The monoisotopic (exact) mass is 342 g/mol. The summed E-state index contributed by atoms with van der Waals surface area (Å²) < 4.78 is 0. The maximum atomic E-state index is 12.6. The van der Waals surface area contributed by atoms with E-state index in [1.54, 1.807) is 18.2 Å². The fourth-order valence-electron chi connectivity index (χ4n) is 2.80. The molecule has 1 amide bonds. The number of nitrogens with one attached hydrogen (secondary N) is 1. The van der Waals surface area contributed by atoms with Gasteiger partial charge in [-0.05, 0) is 54.0 Å². The number of aryl methyl sites for hydroxylation is 1. The molecule has 0 heterocycles. The number of aromatic hydroxyl groups is 1. The Morgan fingerprint density at radius 1 is 1.08 bits per heavy atom. The molecule has 0 aromatic heterocycles. The highest BCUT2D eigenvalue weighted by Crippen LogP contribution is 2.29. The molecular weight excluding hydrogens is 324 g/mol. The fourth-order valence-corrected chi connectivity index (χ4v) is 2.80. The maximum absolute atomic E-state index is 12.6. The van der Waals surface area contributed by atoms with Gasteiger partial charge in [-0.3, -0.25) is 4.79 Å². The minimum atomic E-state index is -0.506. The maximum Gasteiger partial charge on any atom is 0.266 e. The van der Waals surface area contributed by atoms with Gasteiger partial charge in [0.15, 0.2) is 0 Å². The molecule has 0 aliphatic carbocycles. The highest BCUT2D eigenvalue weighted by Gasteiger charge is 2.14. The summed E-state index contributed by atoms with van der Waals surface area (Å²) >= 11 is 0. The Kier molecular flexibility index (Phi) is 4.72. The highest BCUT2D eigenvalue weighted by atomic mass is 16.3. The molecule has 0 unspecified atom stereocenters. The van der Waals surface area contributed by atoms with E-state index in [-0.39, 0.29) is 11.3 Å². The number of nitrogens with zero attached hydrogens (tertiary/aromatic N) is 1. The molecule has 3 aromatic carbocycles. The van der Waals surface area contributed by atoms with Crippen LogP contribution in [0, 0.1) is 25.2 Å². The molecule has 2 N–H and O–H groups in total. The zero-order valence-electron chi connectivity index (χ0n) is 14.6. The topological polar surface area (TPSA) is 73.1 Å². The van der Waals surface area contributed by atoms with Crippen molar-refractivity contribution in [2.24, 2.45) is 0 Å². The van der Waals surface area contributed by atoms with Crippen LogP contribution in [0.15, 0.2) is 60.2 Å². The predicted octanol–water partition coefficient (Wildman–Crippen LogP) is 4.71. The highest BCUT2D eigenvalue weighted by molar-refractivity contribution is 6.11. The molecule has 0 fully saturated rings. The Labute approximate surface area is 152 Å². The number of anilines is 1. The Morgan fingerprint density at radius 2 is 1.85 bits per heavy atom. The summed E-state index contributed by atoms with van der Waals surface area (Å²) in [6.45, 7) is 3.87. The Morgan fingerprint density at radius 3 is 2.62 bits per heavy atom. The number of hydrogen-bond donors (Lipinski definition) is 2. The molecule has 0 atom stereocenters. The van der Waals surface area contributed by atoms with Crippen molar-refractivity contribution in [2.75, 3.05) is 5.32 Å². The quantitative estimate of drug-likeness (QED) is 0.535. The standard InChI is InChI=1S/C22H18N2O2/c1-14-6-5-9-20(15(14)2)24-22(26)17(13-23)12-19-18-8-4-3-7-16(18)10-11-21(19)25/h3-12,25H,1-2H3,(H,24,26)/b17-12+. The van der Waals surface area contributed by atoms with Crippen LogP contribution in [0.2, 0.25) is 0 Å². The molecule has 26 heavy (non-hydrogen) atoms. The molecule has 3 aromatic rings. The molecule has 3 rings (SSSR count). The third-order valence-electron chi connectivity index (χ3n) is 4.45. The first kappa shape index (κ1) is 17.2. The van der Waals surface area contributed by atoms with E-state index in [2.05, 4.69) is 5.32 Å². The van der Waals surface area contributed by atoms with Crippen molar-refractivity contribution in [2.45, 2.75) is 13.8 Å². The van der Waals surface area contributed by atoms with E-state index >= 15 is 0 Å². The third kappa shape index (κ3) is 3.28. The van der Waals surface area contributed by atoms with E-state index in [1.807, 2.05) is 56.3 Å². The lowest BCUT2D eigenvalue weighted by molar-refractivity contribution is -0.112. The lowest BCUT2D eigenvalue weighted by Gasteiger charge is -2.10. The van der Waals surface area contributed by atoms with Crippen LogP contribution in [0.5, 0.6) is 5.75 Å². The lowest BCUT2D eigenvalue weighted by Crippen LogP contribution is -2.14. The van der Waals surface area contributed by atoms with Crippen LogP contribution >= 0.6 is 0 Å². The second-order valence-corrected chi connectivity index (χ2v) is 6.09. The zero-order chi connectivity index (χ0) is 18.7. The fraction of sp³-hybridized carbons (Fsp3) is 0.0909. The van der Waals surface area contributed by atoms with Gasteiger partial charge in [-0.2, -0.15) is 5.26 Å². The average Bonchev–Trinajstić information content (AvgIpc) is 2.64. The summed E-state index contributed by atoms with van der Waals surface area (Å²) in [6, 6.07) is 18.4. The van der Waals surface area contributed by atoms with Gasteiger partial charge in [-0.1, -0.05) is 42.5 Å². The largest absolute Gasteiger partial charge is 0.507 e. The van der Waals surface area contributed by atoms with Gasteiger partial charge in [0.05, 0.1) is 0 Å². The van der Waals surface area contributed by atoms with E-state index in [0.29, 0.717) is 11.3 Å². The Bertz CT molecular complexity index is 1080. The average molecular weight is 342 g/mol. The number of hydrogen-bond acceptors (Lipinski definition) is 3. The molecule has 0 radical (unpaired) electrons. The number of phenolic OH excluding ortho intramolecular Hbond substituents is 1. The lowest BCUT2D eigenvalue weighted by atomic mass is 10.0. The van der Waals surface area contributed by atoms with Crippen LogP contribution in [0.25, 0.3) is 16.8 Å². The van der Waals surface area contributed by atoms with Crippen LogP contribution in [0.4, 0.5) is 5.69 Å². The van der Waals surface area contributed by atoms with Crippen molar-refractivity contribution in [1.29, 1.82) is 5.26 Å². The van der Waals surface area contributed by atoms with E-state index in [4.69, 9.17) is 0 Å². The minimum Gasteiger partial charge on any atom is -0.507 e.